The van der Waals surface area contributed by atoms with E-state index in [1.807, 2.05) is 0 Å². The molecule has 1 amide bonds. The zero-order valence-corrected chi connectivity index (χ0v) is 12.7. The monoisotopic (exact) mass is 315 g/mol. The smallest absolute Gasteiger partial charge is 0.254 e. The second kappa shape index (κ2) is 6.75. The van der Waals surface area contributed by atoms with E-state index in [-0.39, 0.29) is 17.2 Å². The van der Waals surface area contributed by atoms with Crippen molar-refractivity contribution in [2.45, 2.75) is 19.4 Å². The molecule has 0 atom stereocenters. The summed E-state index contributed by atoms with van der Waals surface area (Å²) in [4.78, 5) is 17.6. The van der Waals surface area contributed by atoms with Crippen molar-refractivity contribution in [1.29, 1.82) is 0 Å². The van der Waals surface area contributed by atoms with Crippen LogP contribution in [0.2, 0.25) is 0 Å². The molecule has 0 saturated carbocycles. The first-order chi connectivity index (χ1) is 11.1. The number of hydrogen-bond acceptors (Lipinski definition) is 4. The fraction of sp³-hybridized carbons (Fsp3) is 0.294. The van der Waals surface area contributed by atoms with Gasteiger partial charge in [0.25, 0.3) is 5.91 Å². The molecule has 2 heterocycles. The van der Waals surface area contributed by atoms with Gasteiger partial charge in [-0.1, -0.05) is 12.1 Å². The van der Waals surface area contributed by atoms with Crippen LogP contribution in [-0.2, 0) is 6.54 Å². The summed E-state index contributed by atoms with van der Waals surface area (Å²) in [5.41, 5.74) is 5.98. The van der Waals surface area contributed by atoms with Crippen molar-refractivity contribution in [3.63, 3.8) is 0 Å². The highest BCUT2D eigenvalue weighted by Crippen LogP contribution is 2.28. The number of pyridine rings is 1. The first-order valence-corrected chi connectivity index (χ1v) is 7.57. The van der Waals surface area contributed by atoms with Gasteiger partial charge in [-0.2, -0.15) is 0 Å². The highest BCUT2D eigenvalue weighted by Gasteiger charge is 2.18. The highest BCUT2D eigenvalue weighted by molar-refractivity contribution is 5.95. The van der Waals surface area contributed by atoms with Gasteiger partial charge >= 0.3 is 0 Å². The Morgan fingerprint density at radius 1 is 1.26 bits per heavy atom. The number of primary amides is 1. The van der Waals surface area contributed by atoms with Gasteiger partial charge in [-0.05, 0) is 44.1 Å². The van der Waals surface area contributed by atoms with Crippen LogP contribution in [0.5, 0.6) is 11.6 Å². The van der Waals surface area contributed by atoms with Crippen molar-refractivity contribution in [1.82, 2.24) is 9.88 Å². The van der Waals surface area contributed by atoms with Crippen molar-refractivity contribution in [3.8, 4) is 11.6 Å². The van der Waals surface area contributed by atoms with Crippen LogP contribution < -0.4 is 10.5 Å². The standard InChI is InChI=1S/C17H18FN3O2/c18-15-12(11-21-9-1-2-10-21)5-3-7-14(15)23-17-13(16(19)22)6-4-8-20-17/h3-8H,1-2,9-11H2,(H2,19,22). The Bertz CT molecular complexity index is 715. The van der Waals surface area contributed by atoms with Gasteiger partial charge in [-0.25, -0.2) is 9.37 Å². The molecule has 0 radical (unpaired) electrons. The third kappa shape index (κ3) is 3.48. The van der Waals surface area contributed by atoms with E-state index < -0.39 is 11.7 Å². The number of benzene rings is 1. The van der Waals surface area contributed by atoms with Gasteiger partial charge < -0.3 is 10.5 Å². The zero-order valence-electron chi connectivity index (χ0n) is 12.7. The predicted molar refractivity (Wildman–Crippen MR) is 83.7 cm³/mol. The summed E-state index contributed by atoms with van der Waals surface area (Å²) < 4.78 is 20.2. The second-order valence-electron chi connectivity index (χ2n) is 5.53. The van der Waals surface area contributed by atoms with E-state index in [4.69, 9.17) is 10.5 Å². The molecule has 2 aromatic rings. The van der Waals surface area contributed by atoms with Crippen LogP contribution in [0.15, 0.2) is 36.5 Å². The van der Waals surface area contributed by atoms with Gasteiger partial charge in [-0.15, -0.1) is 0 Å². The van der Waals surface area contributed by atoms with E-state index in [1.54, 1.807) is 18.2 Å². The Morgan fingerprint density at radius 3 is 2.78 bits per heavy atom. The fourth-order valence-corrected chi connectivity index (χ4v) is 2.70. The third-order valence-electron chi connectivity index (χ3n) is 3.88. The van der Waals surface area contributed by atoms with Crippen LogP contribution in [0.25, 0.3) is 0 Å². The van der Waals surface area contributed by atoms with Crippen molar-refractivity contribution >= 4 is 5.91 Å². The number of rotatable bonds is 5. The summed E-state index contributed by atoms with van der Waals surface area (Å²) in [7, 11) is 0. The van der Waals surface area contributed by atoms with E-state index in [1.165, 1.54) is 18.3 Å². The number of hydrogen-bond donors (Lipinski definition) is 1. The molecule has 1 aliphatic rings. The van der Waals surface area contributed by atoms with Gasteiger partial charge in [0, 0.05) is 18.3 Å². The Morgan fingerprint density at radius 2 is 2.04 bits per heavy atom. The lowest BCUT2D eigenvalue weighted by molar-refractivity contribution is 0.0997. The van der Waals surface area contributed by atoms with Gasteiger partial charge in [0.05, 0.1) is 0 Å². The van der Waals surface area contributed by atoms with Crippen LogP contribution in [0.3, 0.4) is 0 Å². The van der Waals surface area contributed by atoms with Crippen molar-refractivity contribution in [3.05, 3.63) is 53.5 Å². The maximum Gasteiger partial charge on any atom is 0.254 e. The molecule has 5 nitrogen and oxygen atoms in total. The van der Waals surface area contributed by atoms with Crippen LogP contribution in [0, 0.1) is 5.82 Å². The Labute approximate surface area is 133 Å². The topological polar surface area (TPSA) is 68.5 Å². The fourth-order valence-electron chi connectivity index (χ4n) is 2.70. The molecule has 1 aromatic carbocycles. The van der Waals surface area contributed by atoms with Gasteiger partial charge in [0.15, 0.2) is 11.6 Å². The molecule has 0 spiro atoms. The zero-order chi connectivity index (χ0) is 16.2. The minimum absolute atomic E-state index is 0.0113. The average Bonchev–Trinajstić information content (AvgIpc) is 3.04. The molecule has 120 valence electrons. The third-order valence-corrected chi connectivity index (χ3v) is 3.88. The number of carbonyl (C=O) groups is 1. The lowest BCUT2D eigenvalue weighted by atomic mass is 10.2. The van der Waals surface area contributed by atoms with Gasteiger partial charge in [0.1, 0.15) is 5.56 Å². The largest absolute Gasteiger partial charge is 0.435 e. The minimum Gasteiger partial charge on any atom is -0.435 e. The molecule has 6 heteroatoms. The SMILES string of the molecule is NC(=O)c1cccnc1Oc1cccc(CN2CCCC2)c1F. The van der Waals surface area contributed by atoms with Crippen molar-refractivity contribution < 1.29 is 13.9 Å². The maximum absolute atomic E-state index is 14.6. The number of carbonyl (C=O) groups excluding carboxylic acids is 1. The molecule has 1 aromatic heterocycles. The number of likely N-dealkylation sites (tertiary alicyclic amines) is 1. The summed E-state index contributed by atoms with van der Waals surface area (Å²) in [6.45, 7) is 2.51. The molecule has 0 unspecified atom stereocenters. The van der Waals surface area contributed by atoms with Crippen LogP contribution in [-0.4, -0.2) is 28.9 Å². The number of ether oxygens (including phenoxy) is 1. The van der Waals surface area contributed by atoms with Crippen LogP contribution >= 0.6 is 0 Å². The summed E-state index contributed by atoms with van der Waals surface area (Å²) in [5, 5.41) is 0. The number of aromatic nitrogens is 1. The molecule has 0 bridgehead atoms. The van der Waals surface area contributed by atoms with E-state index in [0.29, 0.717) is 12.1 Å². The summed E-state index contributed by atoms with van der Waals surface area (Å²) in [6, 6.07) is 8.07. The molecule has 3 rings (SSSR count). The average molecular weight is 315 g/mol. The predicted octanol–water partition coefficient (Wildman–Crippen LogP) is 2.71. The van der Waals surface area contributed by atoms with Gasteiger partial charge in [0.2, 0.25) is 5.88 Å². The van der Waals surface area contributed by atoms with Crippen molar-refractivity contribution in [2.24, 2.45) is 5.73 Å². The van der Waals surface area contributed by atoms with E-state index in [2.05, 4.69) is 9.88 Å². The highest BCUT2D eigenvalue weighted by atomic mass is 19.1. The van der Waals surface area contributed by atoms with Crippen LogP contribution in [0.4, 0.5) is 4.39 Å². The molecular weight excluding hydrogens is 297 g/mol. The molecule has 0 aliphatic carbocycles. The normalized spacial score (nSPS) is 14.8. The second-order valence-corrected chi connectivity index (χ2v) is 5.53. The first-order valence-electron chi connectivity index (χ1n) is 7.57. The number of halogens is 1. The first kappa shape index (κ1) is 15.4. The quantitative estimate of drug-likeness (QED) is 0.921. The lowest BCUT2D eigenvalue weighted by Gasteiger charge is -2.16. The summed E-state index contributed by atoms with van der Waals surface area (Å²) in [5.74, 6) is -1.04. The van der Waals surface area contributed by atoms with Crippen LogP contribution in [0.1, 0.15) is 28.8 Å². The van der Waals surface area contributed by atoms with E-state index in [9.17, 15) is 9.18 Å². The lowest BCUT2D eigenvalue weighted by Crippen LogP contribution is -2.19. The Kier molecular flexibility index (Phi) is 4.52. The Hall–Kier alpha value is -2.47. The summed E-state index contributed by atoms with van der Waals surface area (Å²) >= 11 is 0. The molecular formula is C17H18FN3O2. The van der Waals surface area contributed by atoms with Gasteiger partial charge in [-0.3, -0.25) is 9.69 Å². The number of nitrogens with two attached hydrogens (primary N) is 1. The number of nitrogens with zero attached hydrogens (tertiary/aromatic N) is 2. The number of amides is 1. The Balaban J connectivity index is 1.84. The molecule has 1 saturated heterocycles. The molecule has 23 heavy (non-hydrogen) atoms. The van der Waals surface area contributed by atoms with E-state index >= 15 is 0 Å². The summed E-state index contributed by atoms with van der Waals surface area (Å²) in [6.07, 6.45) is 3.76. The van der Waals surface area contributed by atoms with E-state index in [0.717, 1.165) is 25.9 Å². The minimum atomic E-state index is -0.665. The molecule has 1 fully saturated rings. The van der Waals surface area contributed by atoms with Crippen molar-refractivity contribution in [2.75, 3.05) is 13.1 Å². The molecule has 2 N–H and O–H groups in total. The molecule has 1 aliphatic heterocycles. The maximum atomic E-state index is 14.6.